The van der Waals surface area contributed by atoms with Crippen LogP contribution in [0.5, 0.6) is 0 Å². The number of para-hydroxylation sites is 2. The van der Waals surface area contributed by atoms with Crippen molar-refractivity contribution in [3.63, 3.8) is 0 Å². The van der Waals surface area contributed by atoms with Gasteiger partial charge in [0.15, 0.2) is 0 Å². The SMILES string of the molecule is c1ccc(-c2ccc(N(c3ccccc3)c3cccc(-c4ccc5c(c4)c4ccccc4n5C4CCCCC4)c3)cc2)cc1. The zero-order valence-corrected chi connectivity index (χ0v) is 24.9. The van der Waals surface area contributed by atoms with Crippen LogP contribution < -0.4 is 4.90 Å². The van der Waals surface area contributed by atoms with Crippen molar-refractivity contribution in [2.45, 2.75) is 38.1 Å². The molecule has 8 rings (SSSR count). The zero-order chi connectivity index (χ0) is 29.3. The monoisotopic (exact) mass is 568 g/mol. The Morgan fingerprint density at radius 3 is 1.77 bits per heavy atom. The van der Waals surface area contributed by atoms with Crippen LogP contribution in [0.2, 0.25) is 0 Å². The van der Waals surface area contributed by atoms with E-state index < -0.39 is 0 Å². The van der Waals surface area contributed by atoms with Crippen LogP contribution in [0.25, 0.3) is 44.1 Å². The fourth-order valence-corrected chi connectivity index (χ4v) is 7.20. The predicted octanol–water partition coefficient (Wildman–Crippen LogP) is 12.1. The second-order valence-corrected chi connectivity index (χ2v) is 12.0. The zero-order valence-electron chi connectivity index (χ0n) is 24.9. The molecule has 0 atom stereocenters. The lowest BCUT2D eigenvalue weighted by Crippen LogP contribution is -2.12. The molecule has 1 heterocycles. The van der Waals surface area contributed by atoms with Gasteiger partial charge in [0.1, 0.15) is 0 Å². The van der Waals surface area contributed by atoms with E-state index in [1.54, 1.807) is 0 Å². The smallest absolute Gasteiger partial charge is 0.0494 e. The summed E-state index contributed by atoms with van der Waals surface area (Å²) < 4.78 is 2.64. The maximum Gasteiger partial charge on any atom is 0.0494 e. The van der Waals surface area contributed by atoms with Crippen molar-refractivity contribution in [2.24, 2.45) is 0 Å². The molecule has 1 fully saturated rings. The fourth-order valence-electron chi connectivity index (χ4n) is 7.20. The van der Waals surface area contributed by atoms with E-state index in [0.717, 1.165) is 17.1 Å². The summed E-state index contributed by atoms with van der Waals surface area (Å²) in [6.07, 6.45) is 6.58. The van der Waals surface area contributed by atoms with Crippen molar-refractivity contribution in [3.8, 4) is 22.3 Å². The minimum Gasteiger partial charge on any atom is -0.337 e. The molecule has 0 spiro atoms. The van der Waals surface area contributed by atoms with E-state index in [1.165, 1.54) is 76.2 Å². The van der Waals surface area contributed by atoms with E-state index in [9.17, 15) is 0 Å². The van der Waals surface area contributed by atoms with E-state index >= 15 is 0 Å². The highest BCUT2D eigenvalue weighted by Gasteiger charge is 2.21. The van der Waals surface area contributed by atoms with Crippen LogP contribution in [0.15, 0.2) is 152 Å². The van der Waals surface area contributed by atoms with E-state index in [-0.39, 0.29) is 0 Å². The number of anilines is 3. The molecule has 1 aromatic heterocycles. The Bertz CT molecular complexity index is 2030. The molecule has 1 saturated carbocycles. The van der Waals surface area contributed by atoms with Gasteiger partial charge in [0.2, 0.25) is 0 Å². The Morgan fingerprint density at radius 1 is 0.409 bits per heavy atom. The van der Waals surface area contributed by atoms with Gasteiger partial charge in [-0.15, -0.1) is 0 Å². The summed E-state index contributed by atoms with van der Waals surface area (Å²) in [6, 6.07) is 55.8. The van der Waals surface area contributed by atoms with E-state index in [0.29, 0.717) is 6.04 Å². The molecular formula is C42H36N2. The van der Waals surface area contributed by atoms with Crippen molar-refractivity contribution < 1.29 is 0 Å². The molecular weight excluding hydrogens is 532 g/mol. The average molecular weight is 569 g/mol. The maximum atomic E-state index is 2.64. The number of hydrogen-bond donors (Lipinski definition) is 0. The molecule has 0 unspecified atom stereocenters. The lowest BCUT2D eigenvalue weighted by atomic mass is 9.95. The van der Waals surface area contributed by atoms with Crippen molar-refractivity contribution >= 4 is 38.9 Å². The van der Waals surface area contributed by atoms with Crippen LogP contribution >= 0.6 is 0 Å². The van der Waals surface area contributed by atoms with Gasteiger partial charge in [-0.2, -0.15) is 0 Å². The lowest BCUT2D eigenvalue weighted by molar-refractivity contribution is 0.367. The standard InChI is InChI=1S/C42H36N2/c1-4-13-31(14-5-1)32-23-26-37(27-24-32)43(35-16-6-2-7-17-35)38-20-12-15-33(29-38)34-25-28-42-40(30-34)39-21-10-11-22-41(39)44(42)36-18-8-3-9-19-36/h1-2,4-7,10-17,20-30,36H,3,8-9,18-19H2. The normalized spacial score (nSPS) is 13.8. The Kier molecular flexibility index (Phi) is 6.96. The summed E-state index contributed by atoms with van der Waals surface area (Å²) in [7, 11) is 0. The molecule has 44 heavy (non-hydrogen) atoms. The molecule has 0 aliphatic heterocycles. The molecule has 0 bridgehead atoms. The van der Waals surface area contributed by atoms with Gasteiger partial charge in [0.25, 0.3) is 0 Å². The van der Waals surface area contributed by atoms with Gasteiger partial charge in [-0.25, -0.2) is 0 Å². The third kappa shape index (κ3) is 4.87. The highest BCUT2D eigenvalue weighted by atomic mass is 15.1. The topological polar surface area (TPSA) is 8.17 Å². The first-order chi connectivity index (χ1) is 21.8. The minimum absolute atomic E-state index is 0.591. The van der Waals surface area contributed by atoms with Gasteiger partial charge < -0.3 is 9.47 Å². The number of aromatic nitrogens is 1. The molecule has 6 aromatic carbocycles. The van der Waals surface area contributed by atoms with Gasteiger partial charge in [-0.3, -0.25) is 0 Å². The Balaban J connectivity index is 1.21. The first-order valence-electron chi connectivity index (χ1n) is 16.0. The highest BCUT2D eigenvalue weighted by molar-refractivity contribution is 6.09. The third-order valence-electron chi connectivity index (χ3n) is 9.33. The fraction of sp³-hybridized carbons (Fsp3) is 0.143. The summed E-state index contributed by atoms with van der Waals surface area (Å²) in [5.74, 6) is 0. The second-order valence-electron chi connectivity index (χ2n) is 12.0. The van der Waals surface area contributed by atoms with Crippen LogP contribution in [0.1, 0.15) is 38.1 Å². The Morgan fingerprint density at radius 2 is 0.977 bits per heavy atom. The molecule has 214 valence electrons. The van der Waals surface area contributed by atoms with Crippen LogP contribution in [0.4, 0.5) is 17.1 Å². The van der Waals surface area contributed by atoms with E-state index in [4.69, 9.17) is 0 Å². The van der Waals surface area contributed by atoms with Crippen molar-refractivity contribution in [3.05, 3.63) is 152 Å². The van der Waals surface area contributed by atoms with Gasteiger partial charge in [-0.05, 0) is 89.7 Å². The lowest BCUT2D eigenvalue weighted by Gasteiger charge is -2.26. The summed E-state index contributed by atoms with van der Waals surface area (Å²) >= 11 is 0. The first kappa shape index (κ1) is 26.5. The van der Waals surface area contributed by atoms with Crippen LogP contribution in [-0.2, 0) is 0 Å². The molecule has 2 nitrogen and oxygen atoms in total. The van der Waals surface area contributed by atoms with Crippen LogP contribution in [0.3, 0.4) is 0 Å². The molecule has 0 amide bonds. The Labute approximate surface area is 259 Å². The number of nitrogens with zero attached hydrogens (tertiary/aromatic N) is 2. The second kappa shape index (κ2) is 11.5. The van der Waals surface area contributed by atoms with Crippen molar-refractivity contribution in [1.29, 1.82) is 0 Å². The first-order valence-corrected chi connectivity index (χ1v) is 16.0. The van der Waals surface area contributed by atoms with Gasteiger partial charge >= 0.3 is 0 Å². The van der Waals surface area contributed by atoms with Crippen molar-refractivity contribution in [1.82, 2.24) is 4.57 Å². The largest absolute Gasteiger partial charge is 0.337 e. The molecule has 2 heteroatoms. The summed E-state index contributed by atoms with van der Waals surface area (Å²) in [5, 5.41) is 2.71. The molecule has 0 N–H and O–H groups in total. The quantitative estimate of drug-likeness (QED) is 0.194. The average Bonchev–Trinajstić information content (AvgIpc) is 3.44. The van der Waals surface area contributed by atoms with E-state index in [1.807, 2.05) is 0 Å². The third-order valence-corrected chi connectivity index (χ3v) is 9.33. The summed E-state index contributed by atoms with van der Waals surface area (Å²) in [6.45, 7) is 0. The van der Waals surface area contributed by atoms with Crippen LogP contribution in [-0.4, -0.2) is 4.57 Å². The molecule has 1 aliphatic rings. The number of benzene rings is 6. The van der Waals surface area contributed by atoms with Crippen molar-refractivity contribution in [2.75, 3.05) is 4.90 Å². The van der Waals surface area contributed by atoms with Crippen LogP contribution in [0, 0.1) is 0 Å². The van der Waals surface area contributed by atoms with Gasteiger partial charge in [0.05, 0.1) is 0 Å². The predicted molar refractivity (Wildman–Crippen MR) is 187 cm³/mol. The molecule has 1 aliphatic carbocycles. The van der Waals surface area contributed by atoms with Gasteiger partial charge in [0, 0.05) is 44.9 Å². The summed E-state index contributed by atoms with van der Waals surface area (Å²) in [4.78, 5) is 2.35. The molecule has 7 aromatic rings. The summed E-state index contributed by atoms with van der Waals surface area (Å²) in [5.41, 5.74) is 11.1. The number of hydrogen-bond acceptors (Lipinski definition) is 1. The van der Waals surface area contributed by atoms with Gasteiger partial charge in [-0.1, -0.05) is 116 Å². The van der Waals surface area contributed by atoms with E-state index in [2.05, 4.69) is 161 Å². The number of rotatable bonds is 6. The highest BCUT2D eigenvalue weighted by Crippen LogP contribution is 2.41. The minimum atomic E-state index is 0.591. The number of fused-ring (bicyclic) bond motifs is 3. The molecule has 0 radical (unpaired) electrons. The molecule has 0 saturated heterocycles. The Hall–Kier alpha value is -5.08. The maximum absolute atomic E-state index is 2.64.